The molecule has 1 aliphatic rings. The summed E-state index contributed by atoms with van der Waals surface area (Å²) in [4.78, 5) is 25.6. The fourth-order valence-corrected chi connectivity index (χ4v) is 5.09. The van der Waals surface area contributed by atoms with Crippen molar-refractivity contribution < 1.29 is 19.1 Å². The first-order valence-electron chi connectivity index (χ1n) is 14.6. The van der Waals surface area contributed by atoms with Crippen molar-refractivity contribution in [3.05, 3.63) is 125 Å². The highest BCUT2D eigenvalue weighted by atomic mass is 16.5. The molecule has 3 aromatic carbocycles. The molecule has 0 saturated heterocycles. The Morgan fingerprint density at radius 3 is 1.33 bits per heavy atom. The van der Waals surface area contributed by atoms with E-state index in [0.717, 1.165) is 50.4 Å². The molecule has 42 heavy (non-hydrogen) atoms. The third kappa shape index (κ3) is 7.67. The largest absolute Gasteiger partial charge is 0.489 e. The summed E-state index contributed by atoms with van der Waals surface area (Å²) in [5.41, 5.74) is 8.00. The monoisotopic (exact) mass is 567 g/mol. The molecule has 0 atom stereocenters. The Morgan fingerprint density at radius 2 is 1.00 bits per heavy atom. The van der Waals surface area contributed by atoms with E-state index in [9.17, 15) is 9.59 Å². The fraction of sp³-hybridized carbons (Fsp3) is 0.297. The highest BCUT2D eigenvalue weighted by Crippen LogP contribution is 2.39. The summed E-state index contributed by atoms with van der Waals surface area (Å²) in [6.07, 6.45) is 6.07. The van der Waals surface area contributed by atoms with Crippen LogP contribution in [0, 0.1) is 27.7 Å². The van der Waals surface area contributed by atoms with Crippen molar-refractivity contribution >= 4 is 17.5 Å². The average molecular weight is 568 g/mol. The van der Waals surface area contributed by atoms with E-state index in [4.69, 9.17) is 9.47 Å². The van der Waals surface area contributed by atoms with Crippen LogP contribution in [-0.2, 0) is 9.59 Å². The van der Waals surface area contributed by atoms with Gasteiger partial charge in [0, 0.05) is 18.1 Å². The minimum absolute atomic E-state index is 0.0936. The van der Waals surface area contributed by atoms with Gasteiger partial charge in [0.2, 0.25) is 0 Å². The molecule has 0 radical (unpaired) electrons. The van der Waals surface area contributed by atoms with Gasteiger partial charge in [-0.05, 0) is 78.8 Å². The molecule has 0 bridgehead atoms. The second kappa shape index (κ2) is 16.2. The van der Waals surface area contributed by atoms with Gasteiger partial charge in [0.05, 0.1) is 5.69 Å². The molecule has 3 aromatic rings. The minimum Gasteiger partial charge on any atom is -0.489 e. The van der Waals surface area contributed by atoms with Crippen molar-refractivity contribution in [2.24, 2.45) is 0 Å². The van der Waals surface area contributed by atoms with Crippen LogP contribution in [0.3, 0.4) is 0 Å². The van der Waals surface area contributed by atoms with Gasteiger partial charge in [0.1, 0.15) is 24.7 Å². The molecular weight excluding hydrogens is 522 g/mol. The summed E-state index contributed by atoms with van der Waals surface area (Å²) >= 11 is 0. The van der Waals surface area contributed by atoms with E-state index < -0.39 is 0 Å². The SMILES string of the molecule is C=CCOc1c(C)cc(C(c2ccc(N3C(=O)C=CC3=O)cc2)c2cc(C)c(OCC=C)c(C)c2)cc1C.CC.CC. The molecule has 0 N–H and O–H groups in total. The van der Waals surface area contributed by atoms with Gasteiger partial charge in [0.15, 0.2) is 0 Å². The number of amides is 2. The standard InChI is InChI=1S/C33H33NO4.2C2H6/c1-7-15-37-32-21(3)17-26(18-22(32)4)31(27-19-23(5)33(24(6)20-27)38-16-8-2)25-9-11-28(12-10-25)34-29(35)13-14-30(34)36;2*1-2/h7-14,17-20,31H,1-2,15-16H2,3-6H3;2*1-2H3. The number of benzene rings is 3. The maximum atomic E-state index is 12.2. The van der Waals surface area contributed by atoms with Gasteiger partial charge in [-0.3, -0.25) is 9.59 Å². The van der Waals surface area contributed by atoms with Crippen LogP contribution in [0.5, 0.6) is 11.5 Å². The summed E-state index contributed by atoms with van der Waals surface area (Å²) in [6.45, 7) is 24.6. The number of carbonyl (C=O) groups excluding carboxylic acids is 2. The van der Waals surface area contributed by atoms with Gasteiger partial charge in [-0.25, -0.2) is 4.90 Å². The predicted molar refractivity (Wildman–Crippen MR) is 175 cm³/mol. The lowest BCUT2D eigenvalue weighted by atomic mass is 9.82. The van der Waals surface area contributed by atoms with E-state index in [0.29, 0.717) is 18.9 Å². The fourth-order valence-electron chi connectivity index (χ4n) is 5.09. The van der Waals surface area contributed by atoms with Gasteiger partial charge in [-0.2, -0.15) is 0 Å². The molecule has 0 spiro atoms. The Hall–Kier alpha value is -4.38. The first-order valence-corrected chi connectivity index (χ1v) is 14.6. The molecule has 0 unspecified atom stereocenters. The quantitative estimate of drug-likeness (QED) is 0.140. The molecular formula is C37H45NO4. The van der Waals surface area contributed by atoms with Crippen LogP contribution in [-0.4, -0.2) is 25.0 Å². The molecule has 4 rings (SSSR count). The van der Waals surface area contributed by atoms with Crippen LogP contribution in [0.2, 0.25) is 0 Å². The Balaban J connectivity index is 0.00000148. The number of imide groups is 1. The van der Waals surface area contributed by atoms with Crippen LogP contribution in [0.4, 0.5) is 5.69 Å². The maximum Gasteiger partial charge on any atom is 0.258 e. The van der Waals surface area contributed by atoms with Crippen molar-refractivity contribution in [2.75, 3.05) is 18.1 Å². The Bertz CT molecular complexity index is 1300. The van der Waals surface area contributed by atoms with Gasteiger partial charge in [-0.15, -0.1) is 0 Å². The zero-order chi connectivity index (χ0) is 31.4. The number of anilines is 1. The van der Waals surface area contributed by atoms with Crippen LogP contribution in [0.15, 0.2) is 86.0 Å². The summed E-state index contributed by atoms with van der Waals surface area (Å²) in [7, 11) is 0. The second-order valence-electron chi connectivity index (χ2n) is 9.54. The van der Waals surface area contributed by atoms with Crippen molar-refractivity contribution in [2.45, 2.75) is 61.3 Å². The van der Waals surface area contributed by atoms with Crippen LogP contribution in [0.25, 0.3) is 0 Å². The van der Waals surface area contributed by atoms with Gasteiger partial charge in [0.25, 0.3) is 11.8 Å². The van der Waals surface area contributed by atoms with Gasteiger partial charge >= 0.3 is 0 Å². The van der Waals surface area contributed by atoms with Crippen molar-refractivity contribution in [3.63, 3.8) is 0 Å². The van der Waals surface area contributed by atoms with E-state index in [2.05, 4.69) is 65.1 Å². The van der Waals surface area contributed by atoms with Crippen molar-refractivity contribution in [1.82, 2.24) is 0 Å². The number of nitrogens with zero attached hydrogens (tertiary/aromatic N) is 1. The summed E-state index contributed by atoms with van der Waals surface area (Å²) in [5, 5.41) is 0. The summed E-state index contributed by atoms with van der Waals surface area (Å²) < 4.78 is 11.9. The smallest absolute Gasteiger partial charge is 0.258 e. The number of aryl methyl sites for hydroxylation is 4. The molecule has 0 fully saturated rings. The first-order chi connectivity index (χ1) is 20.2. The molecule has 5 nitrogen and oxygen atoms in total. The Morgan fingerprint density at radius 1 is 0.643 bits per heavy atom. The van der Waals surface area contributed by atoms with Gasteiger partial charge < -0.3 is 9.47 Å². The number of rotatable bonds is 10. The van der Waals surface area contributed by atoms with E-state index in [1.54, 1.807) is 12.2 Å². The topological polar surface area (TPSA) is 55.8 Å². The molecule has 1 heterocycles. The molecule has 222 valence electrons. The maximum absolute atomic E-state index is 12.2. The van der Waals surface area contributed by atoms with E-state index in [-0.39, 0.29) is 17.7 Å². The lowest BCUT2D eigenvalue weighted by molar-refractivity contribution is -0.119. The van der Waals surface area contributed by atoms with Crippen molar-refractivity contribution in [3.8, 4) is 11.5 Å². The number of ether oxygens (including phenoxy) is 2. The molecule has 5 heteroatoms. The zero-order valence-corrected chi connectivity index (χ0v) is 26.4. The normalized spacial score (nSPS) is 11.9. The first kappa shape index (κ1) is 33.8. The van der Waals surface area contributed by atoms with Crippen LogP contribution < -0.4 is 14.4 Å². The summed E-state index contributed by atoms with van der Waals surface area (Å²) in [5.74, 6) is 0.969. The zero-order valence-electron chi connectivity index (χ0n) is 26.4. The summed E-state index contributed by atoms with van der Waals surface area (Å²) in [6, 6.07) is 16.3. The van der Waals surface area contributed by atoms with E-state index >= 15 is 0 Å². The van der Waals surface area contributed by atoms with E-state index in [1.165, 1.54) is 17.1 Å². The molecule has 0 aliphatic carbocycles. The molecule has 0 saturated carbocycles. The predicted octanol–water partition coefficient (Wildman–Crippen LogP) is 8.71. The van der Waals surface area contributed by atoms with E-state index in [1.807, 2.05) is 52.0 Å². The highest BCUT2D eigenvalue weighted by molar-refractivity contribution is 6.28. The molecule has 1 aliphatic heterocycles. The average Bonchev–Trinajstić information content (AvgIpc) is 3.32. The highest BCUT2D eigenvalue weighted by Gasteiger charge is 2.26. The lowest BCUT2D eigenvalue weighted by Gasteiger charge is -2.24. The third-order valence-corrected chi connectivity index (χ3v) is 6.62. The number of carbonyl (C=O) groups is 2. The number of hydrogen-bond acceptors (Lipinski definition) is 4. The third-order valence-electron chi connectivity index (χ3n) is 6.62. The van der Waals surface area contributed by atoms with Crippen LogP contribution >= 0.6 is 0 Å². The molecule has 0 aromatic heterocycles. The van der Waals surface area contributed by atoms with Crippen molar-refractivity contribution in [1.29, 1.82) is 0 Å². The lowest BCUT2D eigenvalue weighted by Crippen LogP contribution is -2.29. The minimum atomic E-state index is -0.331. The Labute approximate surface area is 252 Å². The number of hydrogen-bond donors (Lipinski definition) is 0. The second-order valence-corrected chi connectivity index (χ2v) is 9.54. The van der Waals surface area contributed by atoms with Gasteiger partial charge in [-0.1, -0.05) is 89.4 Å². The Kier molecular flexibility index (Phi) is 13.0. The van der Waals surface area contributed by atoms with Crippen LogP contribution in [0.1, 0.15) is 72.6 Å². The molecule has 2 amide bonds.